The first-order valence-corrected chi connectivity index (χ1v) is 11.9. The van der Waals surface area contributed by atoms with Crippen molar-refractivity contribution in [3.8, 4) is 0 Å². The molecule has 2 fully saturated rings. The van der Waals surface area contributed by atoms with E-state index in [2.05, 4.69) is 10.2 Å². The molecule has 0 spiro atoms. The van der Waals surface area contributed by atoms with E-state index in [0.717, 1.165) is 24.9 Å². The lowest BCUT2D eigenvalue weighted by Gasteiger charge is -2.34. The molecular weight excluding hydrogens is 374 g/mol. The molecule has 0 aliphatic carbocycles. The second-order valence-electron chi connectivity index (χ2n) is 8.24. The van der Waals surface area contributed by atoms with Crippen molar-refractivity contribution in [3.63, 3.8) is 0 Å². The highest BCUT2D eigenvalue weighted by molar-refractivity contribution is 7.89. The molecule has 0 unspecified atom stereocenters. The molecule has 28 heavy (non-hydrogen) atoms. The summed E-state index contributed by atoms with van der Waals surface area (Å²) in [5.74, 6) is 0.299. The van der Waals surface area contributed by atoms with Crippen LogP contribution in [0.25, 0.3) is 0 Å². The van der Waals surface area contributed by atoms with Crippen molar-refractivity contribution < 1.29 is 13.2 Å². The Morgan fingerprint density at radius 3 is 2.32 bits per heavy atom. The molecule has 1 aromatic rings. The van der Waals surface area contributed by atoms with Crippen LogP contribution in [-0.4, -0.2) is 56.3 Å². The molecule has 7 heteroatoms. The summed E-state index contributed by atoms with van der Waals surface area (Å²) in [6.45, 7) is 7.82. The second-order valence-corrected chi connectivity index (χ2v) is 10.1. The minimum atomic E-state index is -3.62. The van der Waals surface area contributed by atoms with Gasteiger partial charge >= 0.3 is 0 Å². The minimum absolute atomic E-state index is 0.202. The number of carbonyl (C=O) groups excluding carboxylic acids is 1. The molecule has 6 nitrogen and oxygen atoms in total. The molecule has 3 rings (SSSR count). The molecule has 0 saturated carbocycles. The number of likely N-dealkylation sites (tertiary alicyclic amines) is 1. The monoisotopic (exact) mass is 407 g/mol. The van der Waals surface area contributed by atoms with Crippen LogP contribution in [0.5, 0.6) is 0 Å². The number of hydrogen-bond acceptors (Lipinski definition) is 4. The van der Waals surface area contributed by atoms with Gasteiger partial charge in [-0.2, -0.15) is 4.31 Å². The van der Waals surface area contributed by atoms with E-state index in [9.17, 15) is 13.2 Å². The molecule has 0 bridgehead atoms. The highest BCUT2D eigenvalue weighted by Crippen LogP contribution is 2.30. The second kappa shape index (κ2) is 9.37. The lowest BCUT2D eigenvalue weighted by atomic mass is 9.97. The molecule has 0 atom stereocenters. The van der Waals surface area contributed by atoms with Crippen molar-refractivity contribution in [2.45, 2.75) is 57.3 Å². The Morgan fingerprint density at radius 2 is 1.71 bits per heavy atom. The molecule has 2 heterocycles. The lowest BCUT2D eigenvalue weighted by Crippen LogP contribution is -2.42. The van der Waals surface area contributed by atoms with Gasteiger partial charge in [0.25, 0.3) is 0 Å². The van der Waals surface area contributed by atoms with Crippen molar-refractivity contribution in [2.75, 3.05) is 38.0 Å². The van der Waals surface area contributed by atoms with Crippen LogP contribution in [0, 0.1) is 12.8 Å². The largest absolute Gasteiger partial charge is 0.325 e. The normalized spacial score (nSPS) is 20.6. The molecule has 2 aliphatic heterocycles. The Hall–Kier alpha value is -1.44. The van der Waals surface area contributed by atoms with Gasteiger partial charge in [0.2, 0.25) is 15.9 Å². The number of piperidine rings is 1. The predicted octanol–water partition coefficient (Wildman–Crippen LogP) is 3.23. The van der Waals surface area contributed by atoms with E-state index >= 15 is 0 Å². The van der Waals surface area contributed by atoms with Gasteiger partial charge in [-0.3, -0.25) is 4.79 Å². The van der Waals surface area contributed by atoms with Crippen molar-refractivity contribution in [1.29, 1.82) is 0 Å². The van der Waals surface area contributed by atoms with Crippen LogP contribution in [0.2, 0.25) is 0 Å². The Morgan fingerprint density at radius 1 is 1.07 bits per heavy atom. The third kappa shape index (κ3) is 5.33. The third-order valence-corrected chi connectivity index (χ3v) is 7.79. The maximum absolute atomic E-state index is 13.2. The molecular formula is C21H33N3O3S. The number of anilines is 1. The summed E-state index contributed by atoms with van der Waals surface area (Å²) < 4.78 is 28.1. The average molecular weight is 408 g/mol. The molecule has 2 saturated heterocycles. The van der Waals surface area contributed by atoms with Gasteiger partial charge in [0.1, 0.15) is 4.90 Å². The average Bonchev–Trinajstić information content (AvgIpc) is 2.92. The van der Waals surface area contributed by atoms with Crippen LogP contribution in [-0.2, 0) is 14.8 Å². The fourth-order valence-corrected chi connectivity index (χ4v) is 5.99. The number of aryl methyl sites for hydroxylation is 1. The van der Waals surface area contributed by atoms with Gasteiger partial charge in [-0.1, -0.05) is 18.9 Å². The summed E-state index contributed by atoms with van der Waals surface area (Å²) in [6.07, 6.45) is 7.04. The summed E-state index contributed by atoms with van der Waals surface area (Å²) in [7, 11) is -3.62. The quantitative estimate of drug-likeness (QED) is 0.814. The van der Waals surface area contributed by atoms with Gasteiger partial charge < -0.3 is 10.2 Å². The number of carbonyl (C=O) groups is 1. The van der Waals surface area contributed by atoms with Gasteiger partial charge in [-0.25, -0.2) is 8.42 Å². The number of nitrogens with one attached hydrogen (secondary N) is 1. The highest BCUT2D eigenvalue weighted by atomic mass is 32.2. The molecule has 2 aliphatic rings. The summed E-state index contributed by atoms with van der Waals surface area (Å²) in [6, 6.07) is 5.15. The van der Waals surface area contributed by atoms with Crippen LogP contribution < -0.4 is 5.32 Å². The van der Waals surface area contributed by atoms with Crippen LogP contribution in [0.1, 0.15) is 51.0 Å². The zero-order chi connectivity index (χ0) is 20.1. The van der Waals surface area contributed by atoms with Crippen LogP contribution in [0.3, 0.4) is 0 Å². The zero-order valence-electron chi connectivity index (χ0n) is 17.1. The smallest absolute Gasteiger partial charge is 0.245 e. The summed E-state index contributed by atoms with van der Waals surface area (Å²) in [4.78, 5) is 14.3. The Labute approximate surface area is 169 Å². The zero-order valence-corrected chi connectivity index (χ0v) is 17.9. The number of sulfonamides is 1. The standard InChI is InChI=1S/C21H33N3O3S/c1-17-7-8-20(22-18(2)25)21(15-17)28(26,27)24-13-9-19(10-14-24)16-23-11-5-3-4-6-12-23/h7-8,15,19H,3-6,9-14,16H2,1-2H3,(H,22,25). The van der Waals surface area contributed by atoms with Crippen LogP contribution >= 0.6 is 0 Å². The van der Waals surface area contributed by atoms with Crippen molar-refractivity contribution >= 4 is 21.6 Å². The van der Waals surface area contributed by atoms with Gasteiger partial charge in [0.15, 0.2) is 0 Å². The predicted molar refractivity (Wildman–Crippen MR) is 112 cm³/mol. The first-order valence-electron chi connectivity index (χ1n) is 10.5. The van der Waals surface area contributed by atoms with Crippen molar-refractivity contribution in [3.05, 3.63) is 23.8 Å². The van der Waals surface area contributed by atoms with E-state index in [0.29, 0.717) is 24.7 Å². The summed E-state index contributed by atoms with van der Waals surface area (Å²) in [5.41, 5.74) is 1.23. The van der Waals surface area contributed by atoms with Gasteiger partial charge in [0.05, 0.1) is 5.69 Å². The SMILES string of the molecule is CC(=O)Nc1ccc(C)cc1S(=O)(=O)N1CCC(CN2CCCCCC2)CC1. The van der Waals surface area contributed by atoms with Gasteiger partial charge in [0, 0.05) is 26.6 Å². The van der Waals surface area contributed by atoms with E-state index in [1.165, 1.54) is 45.7 Å². The van der Waals surface area contributed by atoms with Gasteiger partial charge in [-0.15, -0.1) is 0 Å². The molecule has 1 N–H and O–H groups in total. The number of nitrogens with zero attached hydrogens (tertiary/aromatic N) is 2. The maximum Gasteiger partial charge on any atom is 0.245 e. The molecule has 156 valence electrons. The van der Waals surface area contributed by atoms with E-state index in [-0.39, 0.29) is 10.8 Å². The van der Waals surface area contributed by atoms with Gasteiger partial charge in [-0.05, 0) is 69.3 Å². The topological polar surface area (TPSA) is 69.7 Å². The highest BCUT2D eigenvalue weighted by Gasteiger charge is 2.32. The Balaban J connectivity index is 1.66. The number of benzene rings is 1. The Kier molecular flexibility index (Phi) is 7.12. The molecule has 0 aromatic heterocycles. The first-order chi connectivity index (χ1) is 13.4. The summed E-state index contributed by atoms with van der Waals surface area (Å²) >= 11 is 0. The molecule has 1 aromatic carbocycles. The van der Waals surface area contributed by atoms with E-state index in [1.807, 2.05) is 13.0 Å². The van der Waals surface area contributed by atoms with Crippen molar-refractivity contribution in [2.24, 2.45) is 5.92 Å². The molecule has 1 amide bonds. The maximum atomic E-state index is 13.2. The van der Waals surface area contributed by atoms with Crippen LogP contribution in [0.15, 0.2) is 23.1 Å². The number of rotatable bonds is 5. The summed E-state index contributed by atoms with van der Waals surface area (Å²) in [5, 5.41) is 2.66. The fourth-order valence-electron chi connectivity index (χ4n) is 4.29. The fraction of sp³-hybridized carbons (Fsp3) is 0.667. The Bertz CT molecular complexity index is 778. The van der Waals surface area contributed by atoms with Crippen molar-refractivity contribution in [1.82, 2.24) is 9.21 Å². The minimum Gasteiger partial charge on any atom is -0.325 e. The lowest BCUT2D eigenvalue weighted by molar-refractivity contribution is -0.114. The van der Waals surface area contributed by atoms with E-state index in [1.54, 1.807) is 16.4 Å². The number of amides is 1. The number of hydrogen-bond donors (Lipinski definition) is 1. The third-order valence-electron chi connectivity index (χ3n) is 5.85. The van der Waals surface area contributed by atoms with E-state index < -0.39 is 10.0 Å². The molecule has 0 radical (unpaired) electrons. The van der Waals surface area contributed by atoms with E-state index in [4.69, 9.17) is 0 Å². The first kappa shape index (κ1) is 21.3. The van der Waals surface area contributed by atoms with Crippen LogP contribution in [0.4, 0.5) is 5.69 Å².